The Kier molecular flexibility index (Phi) is 4.47. The highest BCUT2D eigenvalue weighted by molar-refractivity contribution is 14.1. The molecular formula is C14H16INO2S. The van der Waals surface area contributed by atoms with Crippen molar-refractivity contribution in [3.8, 4) is 0 Å². The van der Waals surface area contributed by atoms with Gasteiger partial charge < -0.3 is 0 Å². The average molecular weight is 389 g/mol. The van der Waals surface area contributed by atoms with Crippen molar-refractivity contribution in [2.45, 2.75) is 18.2 Å². The number of hydrogen-bond donors (Lipinski definition) is 0. The lowest BCUT2D eigenvalue weighted by molar-refractivity contribution is 0.438. The third-order valence-corrected chi connectivity index (χ3v) is 5.76. The summed E-state index contributed by atoms with van der Waals surface area (Å²) in [6.45, 7) is 6.74. The fourth-order valence-electron chi connectivity index (χ4n) is 2.07. The molecule has 0 unspecified atom stereocenters. The van der Waals surface area contributed by atoms with E-state index in [2.05, 4.69) is 29.2 Å². The molecule has 0 saturated carbocycles. The molecule has 0 aromatic heterocycles. The maximum Gasteiger partial charge on any atom is 0.243 e. The molecule has 0 spiro atoms. The van der Waals surface area contributed by atoms with E-state index in [1.54, 1.807) is 12.1 Å². The van der Waals surface area contributed by atoms with Gasteiger partial charge in [0.15, 0.2) is 0 Å². The first-order valence-electron chi connectivity index (χ1n) is 5.95. The summed E-state index contributed by atoms with van der Waals surface area (Å²) < 4.78 is 28.6. The van der Waals surface area contributed by atoms with Gasteiger partial charge in [-0.15, -0.1) is 0 Å². The van der Waals surface area contributed by atoms with Crippen LogP contribution in [0.2, 0.25) is 0 Å². The monoisotopic (exact) mass is 389 g/mol. The first-order valence-corrected chi connectivity index (χ1v) is 8.63. The number of benzene rings is 1. The molecule has 1 saturated heterocycles. The largest absolute Gasteiger partial charge is 0.243 e. The number of piperidine rings is 1. The molecular weight excluding hydrogens is 373 g/mol. The molecule has 1 aliphatic heterocycles. The lowest BCUT2D eigenvalue weighted by Crippen LogP contribution is -2.37. The molecule has 0 aliphatic carbocycles. The second-order valence-corrected chi connectivity index (χ2v) is 7.34. The van der Waals surface area contributed by atoms with Crippen molar-refractivity contribution in [2.75, 3.05) is 13.1 Å². The van der Waals surface area contributed by atoms with E-state index < -0.39 is 10.0 Å². The Hall–Kier alpha value is -0.660. The first-order chi connectivity index (χ1) is 8.93. The molecule has 0 bridgehead atoms. The van der Waals surface area contributed by atoms with Crippen LogP contribution >= 0.6 is 22.6 Å². The summed E-state index contributed by atoms with van der Waals surface area (Å²) in [6, 6.07) is 6.96. The molecule has 1 fully saturated rings. The van der Waals surface area contributed by atoms with Crippen LogP contribution in [0.3, 0.4) is 0 Å². The predicted octanol–water partition coefficient (Wildman–Crippen LogP) is 3.26. The Bertz CT molecular complexity index is 617. The fourth-order valence-corrected chi connectivity index (χ4v) is 3.95. The minimum Gasteiger partial charge on any atom is -0.207 e. The molecule has 19 heavy (non-hydrogen) atoms. The van der Waals surface area contributed by atoms with Gasteiger partial charge in [-0.3, -0.25) is 0 Å². The molecule has 2 rings (SSSR count). The highest BCUT2D eigenvalue weighted by atomic mass is 127. The van der Waals surface area contributed by atoms with Crippen molar-refractivity contribution in [3.05, 3.63) is 51.6 Å². The van der Waals surface area contributed by atoms with Crippen LogP contribution in [0.15, 0.2) is 51.0 Å². The molecule has 0 amide bonds. The van der Waals surface area contributed by atoms with Gasteiger partial charge in [-0.25, -0.2) is 8.42 Å². The van der Waals surface area contributed by atoms with Crippen LogP contribution < -0.4 is 0 Å². The second kappa shape index (κ2) is 5.76. The quantitative estimate of drug-likeness (QED) is 0.575. The Labute approximate surface area is 128 Å². The summed E-state index contributed by atoms with van der Waals surface area (Å²) in [7, 11) is -3.43. The van der Waals surface area contributed by atoms with E-state index in [0.29, 0.717) is 18.0 Å². The Morgan fingerprint density at radius 3 is 2.47 bits per heavy atom. The summed E-state index contributed by atoms with van der Waals surface area (Å²) in [5.41, 5.74) is 3.08. The van der Waals surface area contributed by atoms with Gasteiger partial charge in [0.05, 0.1) is 4.90 Å². The van der Waals surface area contributed by atoms with E-state index >= 15 is 0 Å². The van der Waals surface area contributed by atoms with Gasteiger partial charge in [-0.2, -0.15) is 4.31 Å². The van der Waals surface area contributed by atoms with Gasteiger partial charge in [0.1, 0.15) is 0 Å². The molecule has 1 heterocycles. The van der Waals surface area contributed by atoms with E-state index in [1.165, 1.54) is 4.31 Å². The average Bonchev–Trinajstić information content (AvgIpc) is 2.38. The van der Waals surface area contributed by atoms with E-state index in [1.807, 2.05) is 23.1 Å². The third kappa shape index (κ3) is 3.27. The summed E-state index contributed by atoms with van der Waals surface area (Å²) in [6.07, 6.45) is 0.795. The predicted molar refractivity (Wildman–Crippen MR) is 85.8 cm³/mol. The highest BCUT2D eigenvalue weighted by Gasteiger charge is 2.28. The van der Waals surface area contributed by atoms with Crippen molar-refractivity contribution >= 4 is 32.6 Å². The Morgan fingerprint density at radius 1 is 1.26 bits per heavy atom. The number of halogens is 1. The number of rotatable bonds is 2. The molecule has 3 nitrogen and oxygen atoms in total. The standard InChI is InChI=1S/C14H16INO2S/c1-11-3-5-14(6-4-11)19(17,18)16-9-12(2)7-13(8-15)10-16/h3-6,8H,2,7,9-10H2,1H3/b13-8-. The van der Waals surface area contributed by atoms with Gasteiger partial charge >= 0.3 is 0 Å². The van der Waals surface area contributed by atoms with Gasteiger partial charge in [0.25, 0.3) is 0 Å². The van der Waals surface area contributed by atoms with Crippen molar-refractivity contribution < 1.29 is 8.42 Å². The van der Waals surface area contributed by atoms with Gasteiger partial charge in [-0.05, 0) is 35.1 Å². The molecule has 1 aliphatic rings. The third-order valence-electron chi connectivity index (χ3n) is 3.07. The van der Waals surface area contributed by atoms with Crippen molar-refractivity contribution in [1.29, 1.82) is 0 Å². The number of sulfonamides is 1. The Balaban J connectivity index is 2.34. The van der Waals surface area contributed by atoms with Crippen molar-refractivity contribution in [3.63, 3.8) is 0 Å². The molecule has 1 aromatic rings. The fraction of sp³-hybridized carbons (Fsp3) is 0.286. The second-order valence-electron chi connectivity index (χ2n) is 4.78. The molecule has 0 atom stereocenters. The zero-order valence-electron chi connectivity index (χ0n) is 10.8. The van der Waals surface area contributed by atoms with Crippen molar-refractivity contribution in [1.82, 2.24) is 4.31 Å². The molecule has 0 N–H and O–H groups in total. The van der Waals surface area contributed by atoms with Gasteiger partial charge in [0, 0.05) is 13.1 Å². The van der Waals surface area contributed by atoms with E-state index in [0.717, 1.165) is 23.1 Å². The van der Waals surface area contributed by atoms with Crippen LogP contribution in [0.1, 0.15) is 12.0 Å². The minimum atomic E-state index is -3.43. The van der Waals surface area contributed by atoms with E-state index in [9.17, 15) is 8.42 Å². The molecule has 1 aromatic carbocycles. The summed E-state index contributed by atoms with van der Waals surface area (Å²) in [5, 5.41) is 0. The maximum absolute atomic E-state index is 12.6. The first kappa shape index (κ1) is 14.7. The molecule has 102 valence electrons. The lowest BCUT2D eigenvalue weighted by atomic mass is 10.0. The number of aryl methyl sites for hydroxylation is 1. The van der Waals surface area contributed by atoms with E-state index in [-0.39, 0.29) is 0 Å². The highest BCUT2D eigenvalue weighted by Crippen LogP contribution is 2.26. The lowest BCUT2D eigenvalue weighted by Gasteiger charge is -2.29. The van der Waals surface area contributed by atoms with Crippen molar-refractivity contribution in [2.24, 2.45) is 0 Å². The van der Waals surface area contributed by atoms with Crippen LogP contribution in [0.5, 0.6) is 0 Å². The van der Waals surface area contributed by atoms with Gasteiger partial charge in [-0.1, -0.05) is 52.4 Å². The normalized spacial score (nSPS) is 19.9. The van der Waals surface area contributed by atoms with Crippen LogP contribution in [-0.2, 0) is 10.0 Å². The number of hydrogen-bond acceptors (Lipinski definition) is 2. The Morgan fingerprint density at radius 2 is 1.89 bits per heavy atom. The smallest absolute Gasteiger partial charge is 0.207 e. The summed E-state index contributed by atoms with van der Waals surface area (Å²) in [4.78, 5) is 0.348. The SMILES string of the molecule is C=C1C/C(=C/I)CN(S(=O)(=O)c2ccc(C)cc2)C1. The minimum absolute atomic E-state index is 0.348. The topological polar surface area (TPSA) is 37.4 Å². The van der Waals surface area contributed by atoms with Crippen LogP contribution in [0.25, 0.3) is 0 Å². The zero-order valence-corrected chi connectivity index (χ0v) is 13.7. The van der Waals surface area contributed by atoms with Crippen LogP contribution in [0, 0.1) is 6.92 Å². The number of nitrogens with zero attached hydrogens (tertiary/aromatic N) is 1. The van der Waals surface area contributed by atoms with Gasteiger partial charge in [0.2, 0.25) is 10.0 Å². The summed E-state index contributed by atoms with van der Waals surface area (Å²) in [5.74, 6) is 0. The zero-order chi connectivity index (χ0) is 14.0. The molecule has 0 radical (unpaired) electrons. The maximum atomic E-state index is 12.6. The van der Waals surface area contributed by atoms with E-state index in [4.69, 9.17) is 0 Å². The summed E-state index contributed by atoms with van der Waals surface area (Å²) >= 11 is 2.15. The molecule has 5 heteroatoms. The van der Waals surface area contributed by atoms with Crippen LogP contribution in [-0.4, -0.2) is 25.8 Å². The van der Waals surface area contributed by atoms with Crippen LogP contribution in [0.4, 0.5) is 0 Å².